The maximum Gasteiger partial charge on any atom is 0.255 e. The molecule has 1 heterocycles. The van der Waals surface area contributed by atoms with Gasteiger partial charge in [-0.3, -0.25) is 9.59 Å². The third-order valence-electron chi connectivity index (χ3n) is 4.72. The molecule has 0 spiro atoms. The molecule has 0 aliphatic heterocycles. The molecule has 0 atom stereocenters. The van der Waals surface area contributed by atoms with E-state index in [2.05, 4.69) is 10.3 Å². The summed E-state index contributed by atoms with van der Waals surface area (Å²) in [5.74, 6) is 0.306. The first-order valence-corrected chi connectivity index (χ1v) is 11.3. The second-order valence-electron chi connectivity index (χ2n) is 7.01. The number of Topliss-reactive ketones (excluding diaryl/α,β-unsaturated/α-hetero) is 1. The van der Waals surface area contributed by atoms with Crippen LogP contribution in [-0.2, 0) is 0 Å². The number of carbonyl (C=O) groups excluding carboxylic acids is 2. The number of hydrogen-bond donors (Lipinski definition) is 1. The molecule has 150 valence electrons. The minimum atomic E-state index is -0.129. The van der Waals surface area contributed by atoms with Crippen LogP contribution in [-0.4, -0.2) is 22.4 Å². The standard InChI is InChI=1S/C24H20N2O2S2/c1-15-7-9-17(10-8-15)21(27)14-29-24-26-20-12-11-18(13-22(20)30-24)25-23(28)19-6-4-3-5-16(19)2/h3-13H,14H2,1-2H3,(H,25,28). The maximum absolute atomic E-state index is 12.5. The smallest absolute Gasteiger partial charge is 0.255 e. The Morgan fingerprint density at radius 1 is 1.00 bits per heavy atom. The van der Waals surface area contributed by atoms with E-state index < -0.39 is 0 Å². The molecule has 0 aliphatic rings. The number of nitrogens with one attached hydrogen (secondary N) is 1. The predicted octanol–water partition coefficient (Wildman–Crippen LogP) is 6.14. The molecule has 0 saturated carbocycles. The van der Waals surface area contributed by atoms with Gasteiger partial charge >= 0.3 is 0 Å². The van der Waals surface area contributed by atoms with Gasteiger partial charge in [0, 0.05) is 16.8 Å². The number of aryl methyl sites for hydroxylation is 2. The molecule has 6 heteroatoms. The Morgan fingerprint density at radius 3 is 2.53 bits per heavy atom. The molecule has 0 radical (unpaired) electrons. The number of nitrogens with zero attached hydrogens (tertiary/aromatic N) is 1. The van der Waals surface area contributed by atoms with Gasteiger partial charge in [-0.25, -0.2) is 4.98 Å². The summed E-state index contributed by atoms with van der Waals surface area (Å²) in [7, 11) is 0. The van der Waals surface area contributed by atoms with Gasteiger partial charge in [0.2, 0.25) is 0 Å². The number of benzene rings is 3. The summed E-state index contributed by atoms with van der Waals surface area (Å²) in [6, 6.07) is 20.8. The van der Waals surface area contributed by atoms with Crippen LogP contribution < -0.4 is 5.32 Å². The van der Waals surface area contributed by atoms with Crippen molar-refractivity contribution in [3.05, 3.63) is 89.0 Å². The van der Waals surface area contributed by atoms with Gasteiger partial charge in [0.1, 0.15) is 0 Å². The highest BCUT2D eigenvalue weighted by Gasteiger charge is 2.12. The van der Waals surface area contributed by atoms with Crippen molar-refractivity contribution in [3.8, 4) is 0 Å². The number of thioether (sulfide) groups is 1. The van der Waals surface area contributed by atoms with Gasteiger partial charge in [0.05, 0.1) is 16.0 Å². The van der Waals surface area contributed by atoms with Crippen molar-refractivity contribution >= 4 is 50.7 Å². The molecule has 0 fully saturated rings. The lowest BCUT2D eigenvalue weighted by atomic mass is 10.1. The molecule has 1 amide bonds. The largest absolute Gasteiger partial charge is 0.322 e. The zero-order valence-corrected chi connectivity index (χ0v) is 18.3. The number of amides is 1. The number of rotatable bonds is 6. The van der Waals surface area contributed by atoms with Crippen LogP contribution in [0, 0.1) is 13.8 Å². The highest BCUT2D eigenvalue weighted by molar-refractivity contribution is 8.01. The predicted molar refractivity (Wildman–Crippen MR) is 125 cm³/mol. The Labute approximate surface area is 183 Å². The fraction of sp³-hybridized carbons (Fsp3) is 0.125. The van der Waals surface area contributed by atoms with Crippen molar-refractivity contribution in [1.82, 2.24) is 4.98 Å². The van der Waals surface area contributed by atoms with Crippen LogP contribution >= 0.6 is 23.1 Å². The van der Waals surface area contributed by atoms with Crippen molar-refractivity contribution in [1.29, 1.82) is 0 Å². The van der Waals surface area contributed by atoms with Gasteiger partial charge in [0.25, 0.3) is 5.91 Å². The van der Waals surface area contributed by atoms with E-state index in [0.29, 0.717) is 11.3 Å². The van der Waals surface area contributed by atoms with Gasteiger partial charge in [-0.15, -0.1) is 11.3 Å². The van der Waals surface area contributed by atoms with Crippen molar-refractivity contribution in [3.63, 3.8) is 0 Å². The molecule has 30 heavy (non-hydrogen) atoms. The van der Waals surface area contributed by atoms with E-state index in [9.17, 15) is 9.59 Å². The summed E-state index contributed by atoms with van der Waals surface area (Å²) in [6.07, 6.45) is 0. The van der Waals surface area contributed by atoms with Crippen LogP contribution in [0.3, 0.4) is 0 Å². The highest BCUT2D eigenvalue weighted by atomic mass is 32.2. The van der Waals surface area contributed by atoms with Crippen molar-refractivity contribution in [2.45, 2.75) is 18.2 Å². The zero-order valence-electron chi connectivity index (χ0n) is 16.6. The number of aromatic nitrogens is 1. The Morgan fingerprint density at radius 2 is 1.77 bits per heavy atom. The lowest BCUT2D eigenvalue weighted by Gasteiger charge is -2.07. The summed E-state index contributed by atoms with van der Waals surface area (Å²) in [6.45, 7) is 3.92. The second-order valence-corrected chi connectivity index (χ2v) is 9.26. The fourth-order valence-corrected chi connectivity index (χ4v) is 5.02. The molecule has 1 N–H and O–H groups in total. The van der Waals surface area contributed by atoms with Gasteiger partial charge in [0.15, 0.2) is 10.1 Å². The monoisotopic (exact) mass is 432 g/mol. The summed E-state index contributed by atoms with van der Waals surface area (Å²) in [5.41, 5.74) is 5.04. The average molecular weight is 433 g/mol. The molecule has 0 saturated heterocycles. The third-order valence-corrected chi connectivity index (χ3v) is 6.88. The lowest BCUT2D eigenvalue weighted by molar-refractivity contribution is 0.101. The first-order chi connectivity index (χ1) is 14.5. The fourth-order valence-electron chi connectivity index (χ4n) is 3.02. The van der Waals surface area contributed by atoms with E-state index in [-0.39, 0.29) is 11.7 Å². The molecule has 0 unspecified atom stereocenters. The Kier molecular flexibility index (Phi) is 5.97. The number of fused-ring (bicyclic) bond motifs is 1. The third kappa shape index (κ3) is 4.61. The first kappa shape index (κ1) is 20.3. The van der Waals surface area contributed by atoms with E-state index >= 15 is 0 Å². The van der Waals surface area contributed by atoms with E-state index in [4.69, 9.17) is 0 Å². The maximum atomic E-state index is 12.5. The van der Waals surface area contributed by atoms with E-state index in [0.717, 1.165) is 36.9 Å². The SMILES string of the molecule is Cc1ccc(C(=O)CSc2nc3ccc(NC(=O)c4ccccc4C)cc3s2)cc1. The number of anilines is 1. The van der Waals surface area contributed by atoms with Gasteiger partial charge < -0.3 is 5.32 Å². The average Bonchev–Trinajstić information content (AvgIpc) is 3.15. The molecule has 3 aromatic carbocycles. The topological polar surface area (TPSA) is 59.1 Å². The molecule has 4 nitrogen and oxygen atoms in total. The number of ketones is 1. The van der Waals surface area contributed by atoms with E-state index in [1.807, 2.05) is 80.6 Å². The Balaban J connectivity index is 1.44. The second kappa shape index (κ2) is 8.81. The van der Waals surface area contributed by atoms with Crippen LogP contribution in [0.1, 0.15) is 31.8 Å². The molecule has 4 aromatic rings. The normalized spacial score (nSPS) is 10.9. The number of carbonyl (C=O) groups is 2. The van der Waals surface area contributed by atoms with Crippen LogP contribution in [0.25, 0.3) is 10.2 Å². The van der Waals surface area contributed by atoms with E-state index in [1.54, 1.807) is 0 Å². The number of hydrogen-bond acceptors (Lipinski definition) is 5. The van der Waals surface area contributed by atoms with Gasteiger partial charge in [-0.05, 0) is 43.7 Å². The first-order valence-electron chi connectivity index (χ1n) is 9.50. The quantitative estimate of drug-likeness (QED) is 0.294. The van der Waals surface area contributed by atoms with Crippen LogP contribution in [0.4, 0.5) is 5.69 Å². The molecular formula is C24H20N2O2S2. The summed E-state index contributed by atoms with van der Waals surface area (Å²) >= 11 is 2.97. The molecule has 0 aliphatic carbocycles. The highest BCUT2D eigenvalue weighted by Crippen LogP contribution is 2.31. The molecule has 0 bridgehead atoms. The lowest BCUT2D eigenvalue weighted by Crippen LogP contribution is -2.13. The van der Waals surface area contributed by atoms with Crippen LogP contribution in [0.2, 0.25) is 0 Å². The number of thiazole rings is 1. The summed E-state index contributed by atoms with van der Waals surface area (Å²) in [4.78, 5) is 29.5. The van der Waals surface area contributed by atoms with Gasteiger partial charge in [-0.2, -0.15) is 0 Å². The summed E-state index contributed by atoms with van der Waals surface area (Å²) < 4.78 is 1.82. The minimum Gasteiger partial charge on any atom is -0.322 e. The molecule has 4 rings (SSSR count). The Hall–Kier alpha value is -2.96. The van der Waals surface area contributed by atoms with Crippen molar-refractivity contribution in [2.24, 2.45) is 0 Å². The summed E-state index contributed by atoms with van der Waals surface area (Å²) in [5, 5.41) is 2.96. The minimum absolute atomic E-state index is 0.0884. The molecular weight excluding hydrogens is 412 g/mol. The van der Waals surface area contributed by atoms with E-state index in [1.165, 1.54) is 23.1 Å². The van der Waals surface area contributed by atoms with Crippen LogP contribution in [0.5, 0.6) is 0 Å². The van der Waals surface area contributed by atoms with Crippen molar-refractivity contribution in [2.75, 3.05) is 11.1 Å². The Bertz CT molecular complexity index is 1230. The van der Waals surface area contributed by atoms with Gasteiger partial charge in [-0.1, -0.05) is 59.8 Å². The zero-order chi connectivity index (χ0) is 21.1. The van der Waals surface area contributed by atoms with Crippen molar-refractivity contribution < 1.29 is 9.59 Å². The van der Waals surface area contributed by atoms with Crippen LogP contribution in [0.15, 0.2) is 71.1 Å². The molecule has 1 aromatic heterocycles.